The first-order valence-electron chi connectivity index (χ1n) is 4.78. The van der Waals surface area contributed by atoms with Gasteiger partial charge in [-0.15, -0.1) is 11.8 Å². The van der Waals surface area contributed by atoms with Crippen molar-refractivity contribution in [3.63, 3.8) is 0 Å². The molecule has 1 aromatic carbocycles. The van der Waals surface area contributed by atoms with Gasteiger partial charge >= 0.3 is 0 Å². The van der Waals surface area contributed by atoms with Gasteiger partial charge in [-0.3, -0.25) is 0 Å². The van der Waals surface area contributed by atoms with Crippen LogP contribution in [0.5, 0.6) is 5.75 Å². The number of nitrogens with zero attached hydrogens (tertiary/aromatic N) is 1. The van der Waals surface area contributed by atoms with E-state index in [1.807, 2.05) is 12.1 Å². The first kappa shape index (κ1) is 10.2. The number of ether oxygens (including phenoxy) is 1. The average molecular weight is 220 g/mol. The number of fused-ring (bicyclic) bond motifs is 1. The van der Waals surface area contributed by atoms with Gasteiger partial charge in [-0.1, -0.05) is 0 Å². The lowest BCUT2D eigenvalue weighted by atomic mass is 10.2. The van der Waals surface area contributed by atoms with E-state index in [1.54, 1.807) is 18.9 Å². The third kappa shape index (κ3) is 2.18. The van der Waals surface area contributed by atoms with Gasteiger partial charge in [-0.25, -0.2) is 0 Å². The zero-order chi connectivity index (χ0) is 10.7. The molecule has 0 bridgehead atoms. The minimum atomic E-state index is 0.250. The maximum atomic E-state index is 8.64. The molecule has 0 amide bonds. The van der Waals surface area contributed by atoms with E-state index >= 15 is 0 Å². The number of methoxy groups -OCH3 is 1. The van der Waals surface area contributed by atoms with Gasteiger partial charge in [0.2, 0.25) is 0 Å². The average Bonchev–Trinajstić information content (AvgIpc) is 2.28. The Morgan fingerprint density at radius 3 is 3.27 bits per heavy atom. The van der Waals surface area contributed by atoms with Crippen LogP contribution in [0, 0.1) is 11.3 Å². The highest BCUT2D eigenvalue weighted by Crippen LogP contribution is 2.36. The number of thioether (sulfide) groups is 1. The van der Waals surface area contributed by atoms with Gasteiger partial charge in [0.15, 0.2) is 0 Å². The minimum absolute atomic E-state index is 0.250. The van der Waals surface area contributed by atoms with E-state index in [0.717, 1.165) is 17.2 Å². The molecule has 0 aliphatic carbocycles. The van der Waals surface area contributed by atoms with Crippen molar-refractivity contribution < 1.29 is 4.74 Å². The molecule has 0 spiro atoms. The van der Waals surface area contributed by atoms with Crippen LogP contribution in [0.25, 0.3) is 0 Å². The van der Waals surface area contributed by atoms with Crippen molar-refractivity contribution in [2.75, 3.05) is 18.2 Å². The summed E-state index contributed by atoms with van der Waals surface area (Å²) in [6.07, 6.45) is 0.545. The fourth-order valence-corrected chi connectivity index (χ4v) is 2.57. The quantitative estimate of drug-likeness (QED) is 0.831. The van der Waals surface area contributed by atoms with E-state index in [2.05, 4.69) is 17.5 Å². The van der Waals surface area contributed by atoms with Crippen LogP contribution in [-0.4, -0.2) is 18.9 Å². The molecular formula is C11H12N2OS. The Morgan fingerprint density at radius 1 is 1.67 bits per heavy atom. The van der Waals surface area contributed by atoms with Gasteiger partial charge in [-0.2, -0.15) is 5.26 Å². The van der Waals surface area contributed by atoms with Crippen LogP contribution in [0.3, 0.4) is 0 Å². The number of nitrogens with one attached hydrogen (secondary N) is 1. The highest BCUT2D eigenvalue weighted by atomic mass is 32.2. The molecule has 1 aromatic rings. The maximum Gasteiger partial charge on any atom is 0.121 e. The molecule has 78 valence electrons. The lowest BCUT2D eigenvalue weighted by molar-refractivity contribution is 0.414. The number of nitriles is 1. The van der Waals surface area contributed by atoms with Gasteiger partial charge in [0.1, 0.15) is 5.75 Å². The normalized spacial score (nSPS) is 18.5. The molecule has 1 atom stereocenters. The van der Waals surface area contributed by atoms with Crippen molar-refractivity contribution in [1.82, 2.24) is 0 Å². The van der Waals surface area contributed by atoms with Crippen molar-refractivity contribution in [2.24, 2.45) is 0 Å². The zero-order valence-corrected chi connectivity index (χ0v) is 9.30. The van der Waals surface area contributed by atoms with Crippen molar-refractivity contribution >= 4 is 17.4 Å². The first-order valence-corrected chi connectivity index (χ1v) is 5.76. The Kier molecular flexibility index (Phi) is 3.02. The smallest absolute Gasteiger partial charge is 0.121 e. The lowest BCUT2D eigenvalue weighted by Gasteiger charge is -2.25. The van der Waals surface area contributed by atoms with Crippen molar-refractivity contribution in [3.8, 4) is 11.8 Å². The molecule has 1 heterocycles. The highest BCUT2D eigenvalue weighted by Gasteiger charge is 2.18. The molecule has 0 radical (unpaired) electrons. The van der Waals surface area contributed by atoms with Crippen LogP contribution < -0.4 is 10.1 Å². The Morgan fingerprint density at radius 2 is 2.53 bits per heavy atom. The summed E-state index contributed by atoms with van der Waals surface area (Å²) in [5.41, 5.74) is 1.07. The van der Waals surface area contributed by atoms with Crippen molar-refractivity contribution in [2.45, 2.75) is 17.4 Å². The molecule has 3 nitrogen and oxygen atoms in total. The first-order chi connectivity index (χ1) is 7.33. The van der Waals surface area contributed by atoms with Gasteiger partial charge in [0, 0.05) is 22.8 Å². The van der Waals surface area contributed by atoms with Crippen LogP contribution in [0.4, 0.5) is 5.69 Å². The molecule has 1 aliphatic heterocycles. The summed E-state index contributed by atoms with van der Waals surface area (Å²) in [6.45, 7) is 0. The number of rotatable bonds is 2. The van der Waals surface area contributed by atoms with E-state index in [0.29, 0.717) is 6.42 Å². The summed E-state index contributed by atoms with van der Waals surface area (Å²) in [4.78, 5) is 1.23. The predicted octanol–water partition coefficient (Wildman–Crippen LogP) is 2.50. The third-order valence-electron chi connectivity index (χ3n) is 2.32. The fraction of sp³-hybridized carbons (Fsp3) is 0.364. The van der Waals surface area contributed by atoms with Crippen LogP contribution >= 0.6 is 11.8 Å². The Balaban J connectivity index is 2.20. The largest absolute Gasteiger partial charge is 0.497 e. The molecular weight excluding hydrogens is 208 g/mol. The molecule has 0 fully saturated rings. The molecule has 1 unspecified atom stereocenters. The summed E-state index contributed by atoms with van der Waals surface area (Å²) in [7, 11) is 1.66. The lowest BCUT2D eigenvalue weighted by Crippen LogP contribution is -2.25. The topological polar surface area (TPSA) is 45.0 Å². The van der Waals surface area contributed by atoms with Crippen LogP contribution in [-0.2, 0) is 0 Å². The molecule has 1 N–H and O–H groups in total. The highest BCUT2D eigenvalue weighted by molar-refractivity contribution is 7.99. The van der Waals surface area contributed by atoms with E-state index < -0.39 is 0 Å². The molecule has 4 heteroatoms. The van der Waals surface area contributed by atoms with E-state index in [4.69, 9.17) is 10.00 Å². The number of benzene rings is 1. The molecule has 0 aromatic heterocycles. The summed E-state index contributed by atoms with van der Waals surface area (Å²) >= 11 is 1.79. The summed E-state index contributed by atoms with van der Waals surface area (Å²) < 4.78 is 5.16. The van der Waals surface area contributed by atoms with Gasteiger partial charge in [-0.05, 0) is 12.1 Å². The van der Waals surface area contributed by atoms with E-state index in [-0.39, 0.29) is 6.04 Å². The number of hydrogen-bond donors (Lipinski definition) is 1. The van der Waals surface area contributed by atoms with Crippen LogP contribution in [0.15, 0.2) is 23.1 Å². The number of hydrogen-bond acceptors (Lipinski definition) is 4. The van der Waals surface area contributed by atoms with Gasteiger partial charge in [0.25, 0.3) is 0 Å². The Labute approximate surface area is 93.4 Å². The van der Waals surface area contributed by atoms with Crippen LogP contribution in [0.1, 0.15) is 6.42 Å². The fourth-order valence-electron chi connectivity index (χ4n) is 1.55. The molecule has 0 saturated heterocycles. The van der Waals surface area contributed by atoms with Gasteiger partial charge in [0.05, 0.1) is 25.3 Å². The molecule has 1 aliphatic rings. The minimum Gasteiger partial charge on any atom is -0.497 e. The monoisotopic (exact) mass is 220 g/mol. The SMILES string of the molecule is COc1ccc2c(c1)NC(CC#N)CS2. The van der Waals surface area contributed by atoms with Crippen LogP contribution in [0.2, 0.25) is 0 Å². The second-order valence-corrected chi connectivity index (χ2v) is 4.44. The summed E-state index contributed by atoms with van der Waals surface area (Å²) in [5, 5.41) is 12.0. The van der Waals surface area contributed by atoms with Crippen molar-refractivity contribution in [1.29, 1.82) is 5.26 Å². The van der Waals surface area contributed by atoms with Crippen molar-refractivity contribution in [3.05, 3.63) is 18.2 Å². The maximum absolute atomic E-state index is 8.64. The molecule has 0 saturated carbocycles. The molecule has 15 heavy (non-hydrogen) atoms. The zero-order valence-electron chi connectivity index (χ0n) is 8.49. The predicted molar refractivity (Wildman–Crippen MR) is 61.4 cm³/mol. The second kappa shape index (κ2) is 4.45. The standard InChI is InChI=1S/C11H12N2OS/c1-14-9-2-3-11-10(6-9)13-8(4-5-12)7-15-11/h2-3,6,8,13H,4,7H2,1H3. The van der Waals surface area contributed by atoms with E-state index in [9.17, 15) is 0 Å². The summed E-state index contributed by atoms with van der Waals surface area (Å²) in [6, 6.07) is 8.42. The Hall–Kier alpha value is -1.34. The molecule has 2 rings (SSSR count). The number of anilines is 1. The Bertz CT molecular complexity index is 400. The third-order valence-corrected chi connectivity index (χ3v) is 3.56. The van der Waals surface area contributed by atoms with E-state index in [1.165, 1.54) is 4.90 Å². The second-order valence-electron chi connectivity index (χ2n) is 3.38. The van der Waals surface area contributed by atoms with Gasteiger partial charge < -0.3 is 10.1 Å². The summed E-state index contributed by atoms with van der Waals surface area (Å²) in [5.74, 6) is 1.80.